The molecule has 0 aliphatic heterocycles. The Morgan fingerprint density at radius 3 is 2.45 bits per heavy atom. The summed E-state index contributed by atoms with van der Waals surface area (Å²) in [6.07, 6.45) is 3.86. The Kier molecular flexibility index (Phi) is 4.96. The van der Waals surface area contributed by atoms with Crippen molar-refractivity contribution in [1.82, 2.24) is 0 Å². The van der Waals surface area contributed by atoms with Crippen LogP contribution in [-0.2, 0) is 10.8 Å². The zero-order valence-corrected chi connectivity index (χ0v) is 14.5. The lowest BCUT2D eigenvalue weighted by molar-refractivity contribution is 0.273. The van der Waals surface area contributed by atoms with Crippen LogP contribution in [0.1, 0.15) is 57.1 Å². The maximum atomic E-state index is 12.5. The molecule has 0 heterocycles. The summed E-state index contributed by atoms with van der Waals surface area (Å²) in [4.78, 5) is 0. The van der Waals surface area contributed by atoms with E-state index in [4.69, 9.17) is 11.6 Å². The van der Waals surface area contributed by atoms with Crippen molar-refractivity contribution in [3.05, 3.63) is 34.3 Å². The predicted molar refractivity (Wildman–Crippen MR) is 89.0 cm³/mol. The van der Waals surface area contributed by atoms with Gasteiger partial charge in [0.2, 0.25) is 0 Å². The number of hydrogen-bond donors (Lipinski definition) is 0. The predicted octanol–water partition coefficient (Wildman–Crippen LogP) is 5.08. The van der Waals surface area contributed by atoms with Crippen LogP contribution in [0.3, 0.4) is 0 Å². The van der Waals surface area contributed by atoms with E-state index in [0.29, 0.717) is 11.8 Å². The monoisotopic (exact) mass is 312 g/mol. The number of aryl methyl sites for hydroxylation is 1. The van der Waals surface area contributed by atoms with Crippen LogP contribution in [0.5, 0.6) is 0 Å². The molecule has 3 heteroatoms. The molecule has 0 unspecified atom stereocenters. The van der Waals surface area contributed by atoms with Gasteiger partial charge in [-0.1, -0.05) is 30.2 Å². The summed E-state index contributed by atoms with van der Waals surface area (Å²) in [5.41, 5.74) is 2.43. The van der Waals surface area contributed by atoms with Crippen molar-refractivity contribution < 1.29 is 4.21 Å². The van der Waals surface area contributed by atoms with Crippen molar-refractivity contribution in [2.45, 2.75) is 57.6 Å². The molecule has 20 heavy (non-hydrogen) atoms. The maximum absolute atomic E-state index is 12.5. The number of halogens is 1. The molecule has 0 aromatic heterocycles. The summed E-state index contributed by atoms with van der Waals surface area (Å²) in [6, 6.07) is 6.29. The Hall–Kier alpha value is -0.340. The van der Waals surface area contributed by atoms with Gasteiger partial charge in [-0.25, -0.2) is 0 Å². The third-order valence-corrected chi connectivity index (χ3v) is 6.79. The number of benzene rings is 1. The standard InChI is InChI=1S/C17H25ClOS/c1-12-10-14(8-9-16(12)18)15(13-6-5-7-13)11-20(19)17(2,3)4/h8-10,13,15H,5-7,11H2,1-4H3/t15-,20+/m0/s1. The summed E-state index contributed by atoms with van der Waals surface area (Å²) >= 11 is 6.13. The van der Waals surface area contributed by atoms with E-state index in [2.05, 4.69) is 32.9 Å². The van der Waals surface area contributed by atoms with Crippen LogP contribution in [0.2, 0.25) is 5.02 Å². The smallest absolute Gasteiger partial charge is 0.0435 e. The highest BCUT2D eigenvalue weighted by Gasteiger charge is 2.32. The van der Waals surface area contributed by atoms with Crippen molar-refractivity contribution in [2.75, 3.05) is 5.75 Å². The molecular weight excluding hydrogens is 288 g/mol. The molecule has 1 nitrogen and oxygen atoms in total. The largest absolute Gasteiger partial charge is 0.259 e. The molecule has 1 aromatic carbocycles. The Balaban J connectivity index is 2.23. The van der Waals surface area contributed by atoms with Gasteiger partial charge in [-0.05, 0) is 69.6 Å². The van der Waals surface area contributed by atoms with Gasteiger partial charge >= 0.3 is 0 Å². The van der Waals surface area contributed by atoms with Gasteiger partial charge in [-0.3, -0.25) is 4.21 Å². The van der Waals surface area contributed by atoms with Crippen LogP contribution in [0.25, 0.3) is 0 Å². The Labute approximate surface area is 130 Å². The van der Waals surface area contributed by atoms with Crippen LogP contribution in [-0.4, -0.2) is 14.7 Å². The van der Waals surface area contributed by atoms with Crippen molar-refractivity contribution in [2.24, 2.45) is 5.92 Å². The molecule has 1 aromatic rings. The second-order valence-corrected chi connectivity index (χ2v) is 9.59. The molecule has 0 saturated heterocycles. The minimum Gasteiger partial charge on any atom is -0.259 e. The summed E-state index contributed by atoms with van der Waals surface area (Å²) in [6.45, 7) is 8.24. The summed E-state index contributed by atoms with van der Waals surface area (Å²) in [7, 11) is -0.801. The van der Waals surface area contributed by atoms with Gasteiger partial charge in [0.05, 0.1) is 0 Å². The summed E-state index contributed by atoms with van der Waals surface area (Å²) in [5, 5.41) is 0.818. The highest BCUT2D eigenvalue weighted by atomic mass is 35.5. The first kappa shape index (κ1) is 16.0. The van der Waals surface area contributed by atoms with E-state index in [9.17, 15) is 4.21 Å². The molecule has 0 bridgehead atoms. The van der Waals surface area contributed by atoms with Gasteiger partial charge in [-0.15, -0.1) is 0 Å². The Bertz CT molecular complexity index is 500. The van der Waals surface area contributed by atoms with Gasteiger partial charge in [0, 0.05) is 26.3 Å². The lowest BCUT2D eigenvalue weighted by atomic mass is 9.74. The van der Waals surface area contributed by atoms with Gasteiger partial charge in [0.15, 0.2) is 0 Å². The molecular formula is C17H25ClOS. The molecule has 0 radical (unpaired) electrons. The van der Waals surface area contributed by atoms with Crippen molar-refractivity contribution >= 4 is 22.4 Å². The van der Waals surface area contributed by atoms with Crippen LogP contribution in [0.4, 0.5) is 0 Å². The maximum Gasteiger partial charge on any atom is 0.0435 e. The molecule has 1 aliphatic carbocycles. The molecule has 1 saturated carbocycles. The van der Waals surface area contributed by atoms with E-state index in [-0.39, 0.29) is 4.75 Å². The summed E-state index contributed by atoms with van der Waals surface area (Å²) in [5.74, 6) is 1.89. The Morgan fingerprint density at radius 2 is 2.00 bits per heavy atom. The first-order chi connectivity index (χ1) is 9.29. The molecule has 0 N–H and O–H groups in total. The average molecular weight is 313 g/mol. The van der Waals surface area contributed by atoms with Crippen molar-refractivity contribution in [1.29, 1.82) is 0 Å². The lowest BCUT2D eigenvalue weighted by Gasteiger charge is -2.35. The van der Waals surface area contributed by atoms with Crippen LogP contribution >= 0.6 is 11.6 Å². The molecule has 112 valence electrons. The third kappa shape index (κ3) is 3.65. The van der Waals surface area contributed by atoms with Gasteiger partial charge in [-0.2, -0.15) is 0 Å². The molecule has 0 spiro atoms. The van der Waals surface area contributed by atoms with E-state index in [0.717, 1.165) is 16.3 Å². The fraction of sp³-hybridized carbons (Fsp3) is 0.647. The van der Waals surface area contributed by atoms with E-state index in [1.165, 1.54) is 24.8 Å². The van der Waals surface area contributed by atoms with E-state index < -0.39 is 10.8 Å². The van der Waals surface area contributed by atoms with Gasteiger partial charge in [0.1, 0.15) is 0 Å². The Morgan fingerprint density at radius 1 is 1.35 bits per heavy atom. The second-order valence-electron chi connectivity index (χ2n) is 6.93. The van der Waals surface area contributed by atoms with Crippen LogP contribution in [0, 0.1) is 12.8 Å². The molecule has 2 rings (SSSR count). The molecule has 1 aliphatic rings. The number of rotatable bonds is 4. The first-order valence-electron chi connectivity index (χ1n) is 7.43. The third-order valence-electron chi connectivity index (χ3n) is 4.34. The minimum atomic E-state index is -0.801. The fourth-order valence-electron chi connectivity index (χ4n) is 2.66. The van der Waals surface area contributed by atoms with Crippen molar-refractivity contribution in [3.8, 4) is 0 Å². The minimum absolute atomic E-state index is 0.135. The van der Waals surface area contributed by atoms with Gasteiger partial charge in [0.25, 0.3) is 0 Å². The lowest BCUT2D eigenvalue weighted by Crippen LogP contribution is -2.31. The van der Waals surface area contributed by atoms with Gasteiger partial charge < -0.3 is 0 Å². The van der Waals surface area contributed by atoms with Crippen LogP contribution < -0.4 is 0 Å². The highest BCUT2D eigenvalue weighted by Crippen LogP contribution is 2.41. The molecule has 0 amide bonds. The van der Waals surface area contributed by atoms with E-state index in [1.807, 2.05) is 13.0 Å². The van der Waals surface area contributed by atoms with Crippen LogP contribution in [0.15, 0.2) is 18.2 Å². The second kappa shape index (κ2) is 6.19. The normalized spacial score (nSPS) is 19.4. The van der Waals surface area contributed by atoms with E-state index >= 15 is 0 Å². The summed E-state index contributed by atoms with van der Waals surface area (Å²) < 4.78 is 12.4. The topological polar surface area (TPSA) is 17.1 Å². The molecule has 2 atom stereocenters. The number of hydrogen-bond acceptors (Lipinski definition) is 1. The zero-order valence-electron chi connectivity index (χ0n) is 12.9. The SMILES string of the molecule is Cc1cc([C@@H](C[S@@](=O)C(C)(C)C)C2CCC2)ccc1Cl. The van der Waals surface area contributed by atoms with E-state index in [1.54, 1.807) is 0 Å². The highest BCUT2D eigenvalue weighted by molar-refractivity contribution is 7.86. The zero-order chi connectivity index (χ0) is 14.9. The molecule has 1 fully saturated rings. The van der Waals surface area contributed by atoms with Crippen molar-refractivity contribution in [3.63, 3.8) is 0 Å². The first-order valence-corrected chi connectivity index (χ1v) is 9.13. The average Bonchev–Trinajstić information content (AvgIpc) is 2.28. The fourth-order valence-corrected chi connectivity index (χ4v) is 4.07. The quantitative estimate of drug-likeness (QED) is 0.757.